The quantitative estimate of drug-likeness (QED) is 0.849. The Hall–Kier alpha value is -2.61. The molecular formula is C14H15N5. The standard InChI is InChI=1S/C14H15N5/c1-4-5-16-14-13(9-15)17-19(18-14)12-7-10(2)6-11(3)8-12/h4,6-8H,1,5H2,2-3H3,(H,16,18). The summed E-state index contributed by atoms with van der Waals surface area (Å²) in [5, 5.41) is 20.5. The van der Waals surface area contributed by atoms with Crippen LogP contribution >= 0.6 is 0 Å². The Labute approximate surface area is 112 Å². The second-order valence-electron chi connectivity index (χ2n) is 4.31. The van der Waals surface area contributed by atoms with Crippen LogP contribution in [0, 0.1) is 25.2 Å². The molecule has 0 bridgehead atoms. The predicted octanol–water partition coefficient (Wildman–Crippen LogP) is 2.35. The highest BCUT2D eigenvalue weighted by molar-refractivity contribution is 5.48. The highest BCUT2D eigenvalue weighted by atomic mass is 15.5. The van der Waals surface area contributed by atoms with Crippen LogP contribution in [-0.4, -0.2) is 21.5 Å². The van der Waals surface area contributed by atoms with Crippen molar-refractivity contribution in [3.8, 4) is 11.8 Å². The van der Waals surface area contributed by atoms with Gasteiger partial charge in [-0.3, -0.25) is 0 Å². The van der Waals surface area contributed by atoms with Gasteiger partial charge in [-0.05, 0) is 37.1 Å². The van der Waals surface area contributed by atoms with E-state index in [1.54, 1.807) is 6.08 Å². The van der Waals surface area contributed by atoms with Crippen molar-refractivity contribution in [2.24, 2.45) is 0 Å². The van der Waals surface area contributed by atoms with Crippen LogP contribution in [0.2, 0.25) is 0 Å². The lowest BCUT2D eigenvalue weighted by Gasteiger charge is -2.03. The summed E-state index contributed by atoms with van der Waals surface area (Å²) in [7, 11) is 0. The van der Waals surface area contributed by atoms with Crippen molar-refractivity contribution < 1.29 is 0 Å². The maximum Gasteiger partial charge on any atom is 0.207 e. The van der Waals surface area contributed by atoms with Crippen LogP contribution in [0.1, 0.15) is 16.8 Å². The molecule has 1 N–H and O–H groups in total. The molecule has 0 unspecified atom stereocenters. The van der Waals surface area contributed by atoms with E-state index in [1.807, 2.05) is 32.0 Å². The molecule has 0 aliphatic heterocycles. The van der Waals surface area contributed by atoms with E-state index in [9.17, 15) is 0 Å². The van der Waals surface area contributed by atoms with Gasteiger partial charge >= 0.3 is 0 Å². The summed E-state index contributed by atoms with van der Waals surface area (Å²) in [6.45, 7) is 8.19. The predicted molar refractivity (Wildman–Crippen MR) is 74.2 cm³/mol. The number of aromatic nitrogens is 3. The zero-order valence-corrected chi connectivity index (χ0v) is 11.0. The molecule has 0 saturated heterocycles. The number of nitriles is 1. The molecule has 1 heterocycles. The van der Waals surface area contributed by atoms with Crippen LogP contribution < -0.4 is 5.32 Å². The second kappa shape index (κ2) is 5.36. The third-order valence-corrected chi connectivity index (χ3v) is 2.57. The van der Waals surface area contributed by atoms with Gasteiger partial charge in [0.05, 0.1) is 5.69 Å². The molecular weight excluding hydrogens is 238 g/mol. The third-order valence-electron chi connectivity index (χ3n) is 2.57. The number of rotatable bonds is 4. The van der Waals surface area contributed by atoms with E-state index in [4.69, 9.17) is 5.26 Å². The van der Waals surface area contributed by atoms with Crippen molar-refractivity contribution in [1.82, 2.24) is 15.0 Å². The molecule has 0 aliphatic rings. The Kier molecular flexibility index (Phi) is 3.62. The van der Waals surface area contributed by atoms with Gasteiger partial charge < -0.3 is 5.32 Å². The van der Waals surface area contributed by atoms with Gasteiger partial charge in [0, 0.05) is 6.54 Å². The second-order valence-corrected chi connectivity index (χ2v) is 4.31. The Morgan fingerprint density at radius 2 is 2.00 bits per heavy atom. The molecule has 2 aromatic rings. The third kappa shape index (κ3) is 2.80. The first-order valence-electron chi connectivity index (χ1n) is 5.95. The average Bonchev–Trinajstić information content (AvgIpc) is 2.78. The van der Waals surface area contributed by atoms with Crippen molar-refractivity contribution in [2.75, 3.05) is 11.9 Å². The van der Waals surface area contributed by atoms with Gasteiger partial charge in [0.1, 0.15) is 6.07 Å². The van der Waals surface area contributed by atoms with Crippen molar-refractivity contribution in [2.45, 2.75) is 13.8 Å². The highest BCUT2D eigenvalue weighted by Crippen LogP contribution is 2.15. The van der Waals surface area contributed by atoms with E-state index in [-0.39, 0.29) is 5.69 Å². The average molecular weight is 253 g/mol. The zero-order valence-electron chi connectivity index (χ0n) is 11.0. The summed E-state index contributed by atoms with van der Waals surface area (Å²) < 4.78 is 0. The molecule has 0 fully saturated rings. The molecule has 0 atom stereocenters. The number of nitrogens with zero attached hydrogens (tertiary/aromatic N) is 4. The first-order chi connectivity index (χ1) is 9.13. The van der Waals surface area contributed by atoms with Crippen molar-refractivity contribution >= 4 is 5.82 Å². The maximum absolute atomic E-state index is 9.06. The Bertz CT molecular complexity index is 628. The fourth-order valence-electron chi connectivity index (χ4n) is 1.85. The van der Waals surface area contributed by atoms with Gasteiger partial charge in [0.15, 0.2) is 5.82 Å². The number of hydrogen-bond acceptors (Lipinski definition) is 4. The topological polar surface area (TPSA) is 66.5 Å². The summed E-state index contributed by atoms with van der Waals surface area (Å²) in [4.78, 5) is 1.48. The summed E-state index contributed by atoms with van der Waals surface area (Å²) in [6.07, 6.45) is 1.71. The van der Waals surface area contributed by atoms with Crippen LogP contribution in [0.4, 0.5) is 5.82 Å². The van der Waals surface area contributed by atoms with E-state index >= 15 is 0 Å². The van der Waals surface area contributed by atoms with Crippen LogP contribution in [0.15, 0.2) is 30.9 Å². The molecule has 2 rings (SSSR count). The van der Waals surface area contributed by atoms with Crippen LogP contribution in [0.25, 0.3) is 5.69 Å². The fourth-order valence-corrected chi connectivity index (χ4v) is 1.85. The molecule has 0 radical (unpaired) electrons. The number of hydrogen-bond donors (Lipinski definition) is 1. The molecule has 5 heteroatoms. The minimum absolute atomic E-state index is 0.279. The fraction of sp³-hybridized carbons (Fsp3) is 0.214. The molecule has 19 heavy (non-hydrogen) atoms. The van der Waals surface area contributed by atoms with Gasteiger partial charge in [-0.25, -0.2) is 0 Å². The summed E-state index contributed by atoms with van der Waals surface area (Å²) in [5.74, 6) is 0.474. The summed E-state index contributed by atoms with van der Waals surface area (Å²) in [6, 6.07) is 8.07. The van der Waals surface area contributed by atoms with E-state index in [2.05, 4.69) is 28.2 Å². The Morgan fingerprint density at radius 3 is 2.58 bits per heavy atom. The zero-order chi connectivity index (χ0) is 13.8. The van der Waals surface area contributed by atoms with Gasteiger partial charge in [-0.2, -0.15) is 5.26 Å². The molecule has 0 saturated carbocycles. The van der Waals surface area contributed by atoms with E-state index in [0.29, 0.717) is 12.4 Å². The lowest BCUT2D eigenvalue weighted by molar-refractivity contribution is 0.749. The van der Waals surface area contributed by atoms with E-state index in [0.717, 1.165) is 16.8 Å². The number of aryl methyl sites for hydroxylation is 2. The maximum atomic E-state index is 9.06. The Morgan fingerprint density at radius 1 is 1.32 bits per heavy atom. The SMILES string of the molecule is C=CCNc1nn(-c2cc(C)cc(C)c2)nc1C#N. The molecule has 1 aromatic carbocycles. The van der Waals surface area contributed by atoms with Crippen molar-refractivity contribution in [3.63, 3.8) is 0 Å². The molecule has 1 aromatic heterocycles. The first kappa shape index (κ1) is 12.8. The lowest BCUT2D eigenvalue weighted by Crippen LogP contribution is -2.02. The summed E-state index contributed by atoms with van der Waals surface area (Å²) >= 11 is 0. The van der Waals surface area contributed by atoms with Crippen molar-refractivity contribution in [3.05, 3.63) is 47.7 Å². The molecule has 96 valence electrons. The van der Waals surface area contributed by atoms with Crippen LogP contribution in [0.3, 0.4) is 0 Å². The largest absolute Gasteiger partial charge is 0.363 e. The van der Waals surface area contributed by atoms with Gasteiger partial charge in [-0.15, -0.1) is 21.6 Å². The number of nitrogens with one attached hydrogen (secondary N) is 1. The smallest absolute Gasteiger partial charge is 0.207 e. The normalized spacial score (nSPS) is 9.95. The van der Waals surface area contributed by atoms with Gasteiger partial charge in [0.2, 0.25) is 5.69 Å². The minimum Gasteiger partial charge on any atom is -0.363 e. The van der Waals surface area contributed by atoms with Gasteiger partial charge in [0.25, 0.3) is 0 Å². The molecule has 0 aliphatic carbocycles. The number of anilines is 1. The molecule has 0 amide bonds. The van der Waals surface area contributed by atoms with E-state index < -0.39 is 0 Å². The lowest BCUT2D eigenvalue weighted by atomic mass is 10.1. The van der Waals surface area contributed by atoms with Crippen LogP contribution in [-0.2, 0) is 0 Å². The van der Waals surface area contributed by atoms with Crippen LogP contribution in [0.5, 0.6) is 0 Å². The molecule has 5 nitrogen and oxygen atoms in total. The molecule has 0 spiro atoms. The van der Waals surface area contributed by atoms with E-state index in [1.165, 1.54) is 4.80 Å². The minimum atomic E-state index is 0.279. The van der Waals surface area contributed by atoms with Gasteiger partial charge in [-0.1, -0.05) is 12.1 Å². The number of benzene rings is 1. The summed E-state index contributed by atoms with van der Waals surface area (Å²) in [5.41, 5.74) is 3.39. The Balaban J connectivity index is 2.42. The van der Waals surface area contributed by atoms with Crippen molar-refractivity contribution in [1.29, 1.82) is 5.26 Å². The highest BCUT2D eigenvalue weighted by Gasteiger charge is 2.11. The first-order valence-corrected chi connectivity index (χ1v) is 5.95. The monoisotopic (exact) mass is 253 g/mol.